The SMILES string of the molecule is CC(=O)NC[C@H]1CN(c2ccc(N3CCN(C(=O)CCCc4ccc(NNCC(=O)C(=O)OCc5ccccc5)cc4)CC3)c(F)c2)C(=O)O1. The molecule has 0 unspecified atom stereocenters. The first-order valence-corrected chi connectivity index (χ1v) is 16.5. The van der Waals surface area contributed by atoms with Crippen LogP contribution in [0.1, 0.15) is 30.9 Å². The van der Waals surface area contributed by atoms with Crippen LogP contribution < -0.4 is 26.0 Å². The Bertz CT molecular complexity index is 1670. The van der Waals surface area contributed by atoms with Gasteiger partial charge in [-0.15, -0.1) is 0 Å². The summed E-state index contributed by atoms with van der Waals surface area (Å²) in [7, 11) is 0. The number of Topliss-reactive ketones (excluding diaryl/α,β-unsaturated/α-hetero) is 1. The van der Waals surface area contributed by atoms with Crippen molar-refractivity contribution in [3.8, 4) is 0 Å². The smallest absolute Gasteiger partial charge is 0.414 e. The summed E-state index contributed by atoms with van der Waals surface area (Å²) in [6.45, 7) is 3.50. The topological polar surface area (TPSA) is 150 Å². The molecule has 0 spiro atoms. The van der Waals surface area contributed by atoms with Gasteiger partial charge in [-0.2, -0.15) is 0 Å². The van der Waals surface area contributed by atoms with E-state index in [1.165, 1.54) is 17.9 Å². The Morgan fingerprint density at radius 3 is 2.38 bits per heavy atom. The lowest BCUT2D eigenvalue weighted by Gasteiger charge is -2.36. The van der Waals surface area contributed by atoms with Crippen LogP contribution in [-0.4, -0.2) is 86.5 Å². The Balaban J connectivity index is 0.977. The van der Waals surface area contributed by atoms with Crippen molar-refractivity contribution in [1.29, 1.82) is 0 Å². The minimum atomic E-state index is -0.904. The number of cyclic esters (lactones) is 1. The van der Waals surface area contributed by atoms with Crippen molar-refractivity contribution in [2.75, 3.05) is 61.0 Å². The number of ether oxygens (including phenoxy) is 2. The summed E-state index contributed by atoms with van der Waals surface area (Å²) < 4.78 is 25.5. The van der Waals surface area contributed by atoms with E-state index in [1.807, 2.05) is 47.4 Å². The summed E-state index contributed by atoms with van der Waals surface area (Å²) in [5, 5.41) is 2.62. The highest BCUT2D eigenvalue weighted by Gasteiger charge is 2.33. The van der Waals surface area contributed by atoms with Crippen LogP contribution in [0.15, 0.2) is 72.8 Å². The number of carbonyl (C=O) groups is 5. The zero-order chi connectivity index (χ0) is 35.5. The van der Waals surface area contributed by atoms with Crippen molar-refractivity contribution in [2.45, 2.75) is 38.9 Å². The first kappa shape index (κ1) is 35.8. The Morgan fingerprint density at radius 2 is 1.68 bits per heavy atom. The fourth-order valence-corrected chi connectivity index (χ4v) is 5.67. The third-order valence-corrected chi connectivity index (χ3v) is 8.40. The molecule has 3 aromatic rings. The number of nitrogens with zero attached hydrogens (tertiary/aromatic N) is 3. The number of amides is 3. The van der Waals surface area contributed by atoms with Crippen molar-refractivity contribution in [1.82, 2.24) is 15.6 Å². The van der Waals surface area contributed by atoms with E-state index in [4.69, 9.17) is 9.47 Å². The minimum absolute atomic E-state index is 0.0341. The number of halogens is 1. The number of esters is 1. The van der Waals surface area contributed by atoms with Crippen molar-refractivity contribution in [3.63, 3.8) is 0 Å². The number of rotatable bonds is 15. The molecule has 14 heteroatoms. The Labute approximate surface area is 289 Å². The van der Waals surface area contributed by atoms with E-state index in [0.29, 0.717) is 62.5 Å². The number of anilines is 3. The highest BCUT2D eigenvalue weighted by molar-refractivity contribution is 6.34. The molecule has 2 fully saturated rings. The second-order valence-electron chi connectivity index (χ2n) is 12.1. The largest absolute Gasteiger partial charge is 0.455 e. The van der Waals surface area contributed by atoms with E-state index in [1.54, 1.807) is 29.2 Å². The first-order valence-electron chi connectivity index (χ1n) is 16.5. The van der Waals surface area contributed by atoms with Crippen LogP contribution in [0.2, 0.25) is 0 Å². The van der Waals surface area contributed by atoms with Crippen molar-refractivity contribution < 1.29 is 37.8 Å². The maximum Gasteiger partial charge on any atom is 0.414 e. The summed E-state index contributed by atoms with van der Waals surface area (Å²) in [5.74, 6) is -2.24. The van der Waals surface area contributed by atoms with Gasteiger partial charge in [-0.25, -0.2) is 19.4 Å². The second-order valence-corrected chi connectivity index (χ2v) is 12.1. The van der Waals surface area contributed by atoms with Gasteiger partial charge in [-0.1, -0.05) is 42.5 Å². The molecule has 3 aromatic carbocycles. The summed E-state index contributed by atoms with van der Waals surface area (Å²) in [4.78, 5) is 65.4. The summed E-state index contributed by atoms with van der Waals surface area (Å²) >= 11 is 0. The molecule has 3 amide bonds. The van der Waals surface area contributed by atoms with Crippen LogP contribution >= 0.6 is 0 Å². The molecule has 0 aromatic heterocycles. The van der Waals surface area contributed by atoms with Crippen LogP contribution in [0.5, 0.6) is 0 Å². The third kappa shape index (κ3) is 10.0. The minimum Gasteiger partial charge on any atom is -0.455 e. The average molecular weight is 689 g/mol. The number of carbonyl (C=O) groups excluding carboxylic acids is 5. The van der Waals surface area contributed by atoms with Gasteiger partial charge in [-0.05, 0) is 54.3 Å². The van der Waals surface area contributed by atoms with Crippen LogP contribution in [0.25, 0.3) is 0 Å². The van der Waals surface area contributed by atoms with Gasteiger partial charge in [0.05, 0.1) is 31.0 Å². The summed E-state index contributed by atoms with van der Waals surface area (Å²) in [5.41, 5.74) is 8.97. The maximum absolute atomic E-state index is 15.2. The molecule has 13 nitrogen and oxygen atoms in total. The van der Waals surface area contributed by atoms with Gasteiger partial charge >= 0.3 is 12.1 Å². The monoisotopic (exact) mass is 688 g/mol. The van der Waals surface area contributed by atoms with Crippen LogP contribution in [-0.2, 0) is 41.7 Å². The zero-order valence-corrected chi connectivity index (χ0v) is 27.9. The molecule has 3 N–H and O–H groups in total. The molecule has 0 bridgehead atoms. The molecule has 2 heterocycles. The Hall–Kier alpha value is -5.50. The number of benzene rings is 3. The zero-order valence-electron chi connectivity index (χ0n) is 27.9. The standard InChI is InChI=1S/C36H41FN6O7/c1-25(44)38-21-30-23-43(36(48)50-30)29-14-15-32(31(37)20-29)41-16-18-42(19-17-41)34(46)9-5-8-26-10-12-28(13-11-26)40-39-22-33(45)35(47)49-24-27-6-3-2-4-7-27/h2-4,6-7,10-15,20,30,39-40H,5,8-9,16-19,21-24H2,1H3,(H,38,44)/t30-/m0/s1. The van der Waals surface area contributed by atoms with Gasteiger partial charge < -0.3 is 30.0 Å². The van der Waals surface area contributed by atoms with E-state index in [-0.39, 0.29) is 38.1 Å². The van der Waals surface area contributed by atoms with Gasteiger partial charge in [0.25, 0.3) is 5.78 Å². The Kier molecular flexibility index (Phi) is 12.3. The lowest BCUT2D eigenvalue weighted by molar-refractivity contribution is -0.154. The van der Waals surface area contributed by atoms with E-state index in [2.05, 4.69) is 16.2 Å². The van der Waals surface area contributed by atoms with Crippen LogP contribution in [0.3, 0.4) is 0 Å². The predicted molar refractivity (Wildman–Crippen MR) is 184 cm³/mol. The van der Waals surface area contributed by atoms with Crippen molar-refractivity contribution >= 4 is 46.7 Å². The van der Waals surface area contributed by atoms with E-state index in [0.717, 1.165) is 11.1 Å². The van der Waals surface area contributed by atoms with Crippen molar-refractivity contribution in [3.05, 3.63) is 89.7 Å². The number of piperazine rings is 1. The van der Waals surface area contributed by atoms with Crippen LogP contribution in [0, 0.1) is 5.82 Å². The number of aryl methyl sites for hydroxylation is 1. The van der Waals surface area contributed by atoms with Crippen LogP contribution in [0.4, 0.5) is 26.2 Å². The summed E-state index contributed by atoms with van der Waals surface area (Å²) in [6, 6.07) is 21.3. The molecule has 264 valence electrons. The Morgan fingerprint density at radius 1 is 0.940 bits per heavy atom. The predicted octanol–water partition coefficient (Wildman–Crippen LogP) is 3.19. The number of ketones is 1. The number of nitrogens with one attached hydrogen (secondary N) is 3. The average Bonchev–Trinajstić information content (AvgIpc) is 3.50. The van der Waals surface area contributed by atoms with Crippen molar-refractivity contribution in [2.24, 2.45) is 0 Å². The van der Waals surface area contributed by atoms with Gasteiger partial charge in [0.15, 0.2) is 0 Å². The number of hydrazine groups is 1. The molecular weight excluding hydrogens is 647 g/mol. The van der Waals surface area contributed by atoms with E-state index in [9.17, 15) is 24.0 Å². The normalized spacial score (nSPS) is 15.8. The molecular formula is C36H41FN6O7. The summed E-state index contributed by atoms with van der Waals surface area (Å²) in [6.07, 6.45) is 0.668. The quantitative estimate of drug-likeness (QED) is 0.124. The molecule has 5 rings (SSSR count). The highest BCUT2D eigenvalue weighted by Crippen LogP contribution is 2.28. The lowest BCUT2D eigenvalue weighted by atomic mass is 10.1. The molecule has 0 radical (unpaired) electrons. The molecule has 50 heavy (non-hydrogen) atoms. The molecule has 2 aliphatic heterocycles. The third-order valence-electron chi connectivity index (χ3n) is 8.40. The van der Waals surface area contributed by atoms with Gasteiger partial charge in [0, 0.05) is 45.2 Å². The number of hydrogen-bond acceptors (Lipinski definition) is 10. The molecule has 2 aliphatic rings. The molecule has 0 saturated carbocycles. The van der Waals surface area contributed by atoms with Gasteiger partial charge in [0.2, 0.25) is 11.8 Å². The van der Waals surface area contributed by atoms with E-state index >= 15 is 4.39 Å². The first-order chi connectivity index (χ1) is 24.2. The molecule has 2 saturated heterocycles. The fraction of sp³-hybridized carbons (Fsp3) is 0.361. The van der Waals surface area contributed by atoms with E-state index < -0.39 is 29.8 Å². The lowest BCUT2D eigenvalue weighted by Crippen LogP contribution is -2.49. The molecule has 1 atom stereocenters. The fourth-order valence-electron chi connectivity index (χ4n) is 5.67. The maximum atomic E-state index is 15.2. The molecule has 0 aliphatic carbocycles. The van der Waals surface area contributed by atoms with Gasteiger partial charge in [-0.3, -0.25) is 19.3 Å². The van der Waals surface area contributed by atoms with Gasteiger partial charge in [0.1, 0.15) is 18.5 Å². The second kappa shape index (κ2) is 17.2. The highest BCUT2D eigenvalue weighted by atomic mass is 19.1. The number of hydrogen-bond donors (Lipinski definition) is 3.